The van der Waals surface area contributed by atoms with Gasteiger partial charge in [-0.05, 0) is 30.0 Å². The lowest BCUT2D eigenvalue weighted by Gasteiger charge is -2.28. The van der Waals surface area contributed by atoms with E-state index in [4.69, 9.17) is 9.47 Å². The van der Waals surface area contributed by atoms with Gasteiger partial charge in [-0.25, -0.2) is 4.79 Å². The van der Waals surface area contributed by atoms with Gasteiger partial charge in [-0.2, -0.15) is 4.98 Å². The summed E-state index contributed by atoms with van der Waals surface area (Å²) in [6, 6.07) is 6.07. The predicted molar refractivity (Wildman–Crippen MR) is 130 cm³/mol. The molecule has 10 nitrogen and oxygen atoms in total. The summed E-state index contributed by atoms with van der Waals surface area (Å²) in [5.74, 6) is 1.56. The minimum absolute atomic E-state index is 0.0531. The van der Waals surface area contributed by atoms with E-state index < -0.39 is 17.4 Å². The zero-order chi connectivity index (χ0) is 24.6. The number of morpholine rings is 1. The van der Waals surface area contributed by atoms with Crippen LogP contribution in [0.1, 0.15) is 30.9 Å². The number of aryl methyl sites for hydroxylation is 2. The molecule has 34 heavy (non-hydrogen) atoms. The standard InChI is InChI=1S/C24H33N5O5/c1-15(2)18-7-6-16(3)12-19(18)34-14-17(30)13-29-20-21(26(4)24(32)27(5)22(20)31)25-23(29)28-8-10-33-11-9-28/h6-7,12,15,17,30H,8-11,13-14H2,1-5H3. The zero-order valence-corrected chi connectivity index (χ0v) is 20.4. The summed E-state index contributed by atoms with van der Waals surface area (Å²) in [7, 11) is 3.04. The maximum atomic E-state index is 13.1. The van der Waals surface area contributed by atoms with Crippen LogP contribution in [-0.2, 0) is 25.4 Å². The number of rotatable bonds is 7. The molecule has 1 atom stereocenters. The molecule has 1 unspecified atom stereocenters. The molecular formula is C24H33N5O5. The first-order chi connectivity index (χ1) is 16.2. The number of ether oxygens (including phenoxy) is 2. The first-order valence-electron chi connectivity index (χ1n) is 11.6. The van der Waals surface area contributed by atoms with Crippen molar-refractivity contribution in [3.63, 3.8) is 0 Å². The molecule has 0 spiro atoms. The highest BCUT2D eigenvalue weighted by atomic mass is 16.5. The lowest BCUT2D eigenvalue weighted by molar-refractivity contribution is 0.0921. The minimum Gasteiger partial charge on any atom is -0.491 e. The van der Waals surface area contributed by atoms with Crippen LogP contribution in [0.4, 0.5) is 5.95 Å². The highest BCUT2D eigenvalue weighted by molar-refractivity contribution is 5.74. The van der Waals surface area contributed by atoms with E-state index in [1.165, 1.54) is 11.6 Å². The van der Waals surface area contributed by atoms with Crippen molar-refractivity contribution < 1.29 is 14.6 Å². The quantitative estimate of drug-likeness (QED) is 0.551. The summed E-state index contributed by atoms with van der Waals surface area (Å²) in [5, 5.41) is 11.0. The second-order valence-corrected chi connectivity index (χ2v) is 9.16. The van der Waals surface area contributed by atoms with Crippen molar-refractivity contribution in [3.05, 3.63) is 50.2 Å². The topological polar surface area (TPSA) is 104 Å². The molecule has 0 saturated carbocycles. The Morgan fingerprint density at radius 1 is 1.15 bits per heavy atom. The molecule has 1 aliphatic heterocycles. The monoisotopic (exact) mass is 471 g/mol. The number of nitrogens with zero attached hydrogens (tertiary/aromatic N) is 5. The Kier molecular flexibility index (Phi) is 6.81. The number of aromatic nitrogens is 4. The Bertz CT molecular complexity index is 1300. The van der Waals surface area contributed by atoms with E-state index in [2.05, 4.69) is 18.8 Å². The molecule has 3 aromatic rings. The van der Waals surface area contributed by atoms with Crippen molar-refractivity contribution in [1.29, 1.82) is 0 Å². The van der Waals surface area contributed by atoms with Gasteiger partial charge in [0.05, 0.1) is 19.8 Å². The van der Waals surface area contributed by atoms with E-state index in [0.29, 0.717) is 37.9 Å². The minimum atomic E-state index is -0.903. The Labute approximate surface area is 198 Å². The van der Waals surface area contributed by atoms with Gasteiger partial charge in [0, 0.05) is 27.2 Å². The van der Waals surface area contributed by atoms with Crippen molar-refractivity contribution in [2.75, 3.05) is 37.8 Å². The maximum Gasteiger partial charge on any atom is 0.332 e. The first kappa shape index (κ1) is 24.0. The molecule has 1 fully saturated rings. The van der Waals surface area contributed by atoms with Gasteiger partial charge in [0.2, 0.25) is 5.95 Å². The SMILES string of the molecule is Cc1ccc(C(C)C)c(OCC(O)Cn2c(N3CCOCC3)nc3c2c(=O)n(C)c(=O)n3C)c1. The van der Waals surface area contributed by atoms with Crippen molar-refractivity contribution in [1.82, 2.24) is 18.7 Å². The average molecular weight is 472 g/mol. The Morgan fingerprint density at radius 2 is 1.85 bits per heavy atom. The van der Waals surface area contributed by atoms with E-state index in [9.17, 15) is 14.7 Å². The maximum absolute atomic E-state index is 13.1. The van der Waals surface area contributed by atoms with Crippen LogP contribution in [-0.4, -0.2) is 62.8 Å². The summed E-state index contributed by atoms with van der Waals surface area (Å²) in [6.45, 7) is 8.63. The molecular weight excluding hydrogens is 438 g/mol. The molecule has 1 saturated heterocycles. The van der Waals surface area contributed by atoms with Gasteiger partial charge in [0.25, 0.3) is 5.56 Å². The Hall–Kier alpha value is -3.11. The molecule has 4 rings (SSSR count). The van der Waals surface area contributed by atoms with Crippen LogP contribution in [0.3, 0.4) is 0 Å². The summed E-state index contributed by atoms with van der Waals surface area (Å²) in [4.78, 5) is 32.2. The van der Waals surface area contributed by atoms with Gasteiger partial charge in [-0.1, -0.05) is 26.0 Å². The Morgan fingerprint density at radius 3 is 2.53 bits per heavy atom. The van der Waals surface area contributed by atoms with E-state index in [1.54, 1.807) is 11.6 Å². The zero-order valence-electron chi connectivity index (χ0n) is 20.4. The molecule has 1 aromatic carbocycles. The number of aliphatic hydroxyl groups is 1. The fourth-order valence-corrected chi connectivity index (χ4v) is 4.31. The molecule has 0 bridgehead atoms. The molecule has 3 heterocycles. The van der Waals surface area contributed by atoms with E-state index >= 15 is 0 Å². The molecule has 0 amide bonds. The molecule has 0 radical (unpaired) electrons. The van der Waals surface area contributed by atoms with Crippen LogP contribution in [0.25, 0.3) is 11.2 Å². The van der Waals surface area contributed by atoms with Crippen molar-refractivity contribution in [2.45, 2.75) is 39.3 Å². The second kappa shape index (κ2) is 9.63. The lowest BCUT2D eigenvalue weighted by atomic mass is 10.0. The van der Waals surface area contributed by atoms with Gasteiger partial charge in [-0.3, -0.25) is 13.9 Å². The fraction of sp³-hybridized carbons (Fsp3) is 0.542. The van der Waals surface area contributed by atoms with Crippen LogP contribution in [0.5, 0.6) is 5.75 Å². The first-order valence-corrected chi connectivity index (χ1v) is 11.6. The predicted octanol–water partition coefficient (Wildman–Crippen LogP) is 1.14. The molecule has 2 aromatic heterocycles. The summed E-state index contributed by atoms with van der Waals surface area (Å²) in [6.07, 6.45) is -0.903. The smallest absolute Gasteiger partial charge is 0.332 e. The van der Waals surface area contributed by atoms with Crippen molar-refractivity contribution >= 4 is 17.1 Å². The number of fused-ring (bicyclic) bond motifs is 1. The molecule has 184 valence electrons. The largest absolute Gasteiger partial charge is 0.491 e. The third kappa shape index (κ3) is 4.47. The fourth-order valence-electron chi connectivity index (χ4n) is 4.31. The van der Waals surface area contributed by atoms with Crippen LogP contribution in [0, 0.1) is 6.92 Å². The number of hydrogen-bond donors (Lipinski definition) is 1. The second-order valence-electron chi connectivity index (χ2n) is 9.16. The highest BCUT2D eigenvalue weighted by Crippen LogP contribution is 2.28. The summed E-state index contributed by atoms with van der Waals surface area (Å²) < 4.78 is 15.6. The van der Waals surface area contributed by atoms with Gasteiger partial charge in [-0.15, -0.1) is 0 Å². The normalized spacial score (nSPS) is 15.3. The van der Waals surface area contributed by atoms with Gasteiger partial charge >= 0.3 is 5.69 Å². The summed E-state index contributed by atoms with van der Waals surface area (Å²) in [5.41, 5.74) is 1.84. The number of aliphatic hydroxyl groups excluding tert-OH is 1. The number of benzene rings is 1. The van der Waals surface area contributed by atoms with Gasteiger partial charge in [0.1, 0.15) is 18.5 Å². The van der Waals surface area contributed by atoms with Gasteiger partial charge in [0.15, 0.2) is 11.2 Å². The third-order valence-corrected chi connectivity index (χ3v) is 6.24. The van der Waals surface area contributed by atoms with E-state index in [1.807, 2.05) is 30.0 Å². The number of hydrogen-bond acceptors (Lipinski definition) is 7. The van der Waals surface area contributed by atoms with Crippen LogP contribution in [0.15, 0.2) is 27.8 Å². The number of anilines is 1. The van der Waals surface area contributed by atoms with Gasteiger partial charge < -0.3 is 24.0 Å². The third-order valence-electron chi connectivity index (χ3n) is 6.24. The van der Waals surface area contributed by atoms with Crippen LogP contribution >= 0.6 is 0 Å². The molecule has 1 aliphatic rings. The van der Waals surface area contributed by atoms with Crippen molar-refractivity contribution in [3.8, 4) is 5.75 Å². The summed E-state index contributed by atoms with van der Waals surface area (Å²) >= 11 is 0. The average Bonchev–Trinajstić information content (AvgIpc) is 3.19. The highest BCUT2D eigenvalue weighted by Gasteiger charge is 2.25. The van der Waals surface area contributed by atoms with E-state index in [-0.39, 0.29) is 24.6 Å². The molecule has 0 aliphatic carbocycles. The van der Waals surface area contributed by atoms with Crippen molar-refractivity contribution in [2.24, 2.45) is 14.1 Å². The van der Waals surface area contributed by atoms with Crippen LogP contribution in [0.2, 0.25) is 0 Å². The van der Waals surface area contributed by atoms with Crippen LogP contribution < -0.4 is 20.9 Å². The molecule has 10 heteroatoms. The molecule has 1 N–H and O–H groups in total. The number of imidazole rings is 1. The van der Waals surface area contributed by atoms with E-state index in [0.717, 1.165) is 21.4 Å². The Balaban J connectivity index is 1.69. The lowest BCUT2D eigenvalue weighted by Crippen LogP contribution is -2.39.